The van der Waals surface area contributed by atoms with Crippen LogP contribution in [0, 0.1) is 5.92 Å². The number of nitrogens with two attached hydrogens (primary N) is 1. The Bertz CT molecular complexity index is 245. The molecule has 2 heteroatoms. The van der Waals surface area contributed by atoms with Crippen molar-refractivity contribution in [2.75, 3.05) is 13.6 Å². The Morgan fingerprint density at radius 3 is 2.28 bits per heavy atom. The minimum Gasteiger partial charge on any atom is -0.329 e. The van der Waals surface area contributed by atoms with Gasteiger partial charge in [-0.15, -0.1) is 0 Å². The van der Waals surface area contributed by atoms with E-state index in [9.17, 15) is 0 Å². The summed E-state index contributed by atoms with van der Waals surface area (Å²) < 4.78 is 0. The van der Waals surface area contributed by atoms with Crippen molar-refractivity contribution in [1.29, 1.82) is 0 Å². The van der Waals surface area contributed by atoms with Gasteiger partial charge in [0.2, 0.25) is 0 Å². The average molecular weight is 252 g/mol. The van der Waals surface area contributed by atoms with Gasteiger partial charge in [-0.1, -0.05) is 45.4 Å². The maximum Gasteiger partial charge on any atom is 0.0359 e. The lowest BCUT2D eigenvalue weighted by atomic mass is 9.82. The molecule has 2 rings (SSSR count). The Balaban J connectivity index is 2.10. The van der Waals surface area contributed by atoms with Gasteiger partial charge < -0.3 is 5.73 Å². The number of nitrogens with zero attached hydrogens (tertiary/aromatic N) is 1. The number of hydrogen-bond acceptors (Lipinski definition) is 2. The van der Waals surface area contributed by atoms with Crippen LogP contribution in [-0.2, 0) is 0 Å². The van der Waals surface area contributed by atoms with Gasteiger partial charge in [0.05, 0.1) is 0 Å². The summed E-state index contributed by atoms with van der Waals surface area (Å²) in [6, 6.07) is 0.795. The van der Waals surface area contributed by atoms with Crippen LogP contribution in [0.25, 0.3) is 0 Å². The smallest absolute Gasteiger partial charge is 0.0359 e. The van der Waals surface area contributed by atoms with Crippen LogP contribution < -0.4 is 5.73 Å². The average Bonchev–Trinajstić information content (AvgIpc) is 2.64. The summed E-state index contributed by atoms with van der Waals surface area (Å²) in [6.45, 7) is 3.21. The van der Waals surface area contributed by atoms with Gasteiger partial charge in [-0.25, -0.2) is 0 Å². The Kier molecular flexibility index (Phi) is 5.08. The fourth-order valence-electron chi connectivity index (χ4n) is 4.60. The van der Waals surface area contributed by atoms with Gasteiger partial charge in [0.25, 0.3) is 0 Å². The SMILES string of the molecule is CCC1CCCC1(CN)N(C)C1CCCCCC1. The molecule has 0 radical (unpaired) electrons. The molecule has 0 bridgehead atoms. The predicted octanol–water partition coefficient (Wildman–Crippen LogP) is 3.55. The Labute approximate surface area is 113 Å². The molecule has 0 heterocycles. The van der Waals surface area contributed by atoms with Crippen LogP contribution in [-0.4, -0.2) is 30.1 Å². The zero-order chi connectivity index (χ0) is 13.0. The van der Waals surface area contributed by atoms with Crippen molar-refractivity contribution in [2.24, 2.45) is 11.7 Å². The second-order valence-corrected chi connectivity index (χ2v) is 6.56. The fraction of sp³-hybridized carbons (Fsp3) is 1.00. The quantitative estimate of drug-likeness (QED) is 0.775. The lowest BCUT2D eigenvalue weighted by molar-refractivity contribution is 0.0354. The lowest BCUT2D eigenvalue weighted by Crippen LogP contribution is -2.58. The van der Waals surface area contributed by atoms with E-state index in [-0.39, 0.29) is 0 Å². The molecule has 2 N–H and O–H groups in total. The first-order valence-electron chi connectivity index (χ1n) is 8.17. The topological polar surface area (TPSA) is 29.3 Å². The molecule has 2 nitrogen and oxygen atoms in total. The van der Waals surface area contributed by atoms with Crippen LogP contribution in [0.3, 0.4) is 0 Å². The van der Waals surface area contributed by atoms with Crippen LogP contribution in [0.4, 0.5) is 0 Å². The summed E-state index contributed by atoms with van der Waals surface area (Å²) in [4.78, 5) is 2.72. The van der Waals surface area contributed by atoms with Crippen molar-refractivity contribution in [2.45, 2.75) is 82.7 Å². The van der Waals surface area contributed by atoms with Crippen LogP contribution in [0.1, 0.15) is 71.1 Å². The summed E-state index contributed by atoms with van der Waals surface area (Å²) in [5, 5.41) is 0. The summed E-state index contributed by atoms with van der Waals surface area (Å²) >= 11 is 0. The number of likely N-dealkylation sites (N-methyl/N-ethyl adjacent to an activating group) is 1. The van der Waals surface area contributed by atoms with Gasteiger partial charge in [0.15, 0.2) is 0 Å². The van der Waals surface area contributed by atoms with E-state index in [0.717, 1.165) is 18.5 Å². The van der Waals surface area contributed by atoms with E-state index >= 15 is 0 Å². The molecule has 2 aliphatic rings. The van der Waals surface area contributed by atoms with Crippen LogP contribution in [0.2, 0.25) is 0 Å². The predicted molar refractivity (Wildman–Crippen MR) is 78.7 cm³/mol. The van der Waals surface area contributed by atoms with E-state index in [2.05, 4.69) is 18.9 Å². The third-order valence-corrected chi connectivity index (χ3v) is 5.84. The largest absolute Gasteiger partial charge is 0.329 e. The molecule has 2 unspecified atom stereocenters. The second-order valence-electron chi connectivity index (χ2n) is 6.56. The maximum atomic E-state index is 6.24. The highest BCUT2D eigenvalue weighted by Crippen LogP contribution is 2.43. The summed E-state index contributed by atoms with van der Waals surface area (Å²) in [6.07, 6.45) is 13.9. The molecule has 18 heavy (non-hydrogen) atoms. The molecule has 0 saturated heterocycles. The molecular weight excluding hydrogens is 220 g/mol. The first-order valence-corrected chi connectivity index (χ1v) is 8.17. The normalized spacial score (nSPS) is 35.0. The summed E-state index contributed by atoms with van der Waals surface area (Å²) in [5.41, 5.74) is 6.56. The van der Waals surface area contributed by atoms with E-state index in [1.54, 1.807) is 0 Å². The monoisotopic (exact) mass is 252 g/mol. The standard InChI is InChI=1S/C16H32N2/c1-3-14-9-8-12-16(14,13-17)18(2)15-10-6-4-5-7-11-15/h14-15H,3-13,17H2,1-2H3. The zero-order valence-corrected chi connectivity index (χ0v) is 12.5. The lowest BCUT2D eigenvalue weighted by Gasteiger charge is -2.47. The molecule has 0 aromatic carbocycles. The molecule has 0 amide bonds. The van der Waals surface area contributed by atoms with E-state index < -0.39 is 0 Å². The minimum atomic E-state index is 0.323. The molecule has 0 aliphatic heterocycles. The van der Waals surface area contributed by atoms with Crippen molar-refractivity contribution in [3.63, 3.8) is 0 Å². The van der Waals surface area contributed by atoms with Crippen molar-refractivity contribution < 1.29 is 0 Å². The zero-order valence-electron chi connectivity index (χ0n) is 12.5. The minimum absolute atomic E-state index is 0.323. The summed E-state index contributed by atoms with van der Waals surface area (Å²) in [7, 11) is 2.37. The van der Waals surface area contributed by atoms with E-state index in [1.807, 2.05) is 0 Å². The van der Waals surface area contributed by atoms with Crippen LogP contribution >= 0.6 is 0 Å². The first kappa shape index (κ1) is 14.3. The van der Waals surface area contributed by atoms with Crippen LogP contribution in [0.5, 0.6) is 0 Å². The van der Waals surface area contributed by atoms with Crippen molar-refractivity contribution >= 4 is 0 Å². The Morgan fingerprint density at radius 2 is 1.72 bits per heavy atom. The molecule has 2 aliphatic carbocycles. The number of rotatable bonds is 4. The van der Waals surface area contributed by atoms with Gasteiger partial charge in [-0.3, -0.25) is 4.90 Å². The van der Waals surface area contributed by atoms with Crippen molar-refractivity contribution in [3.8, 4) is 0 Å². The second kappa shape index (κ2) is 6.38. The molecule has 106 valence electrons. The van der Waals surface area contributed by atoms with Crippen LogP contribution in [0.15, 0.2) is 0 Å². The maximum absolute atomic E-state index is 6.24. The highest BCUT2D eigenvalue weighted by molar-refractivity contribution is 5.02. The first-order chi connectivity index (χ1) is 8.74. The highest BCUT2D eigenvalue weighted by Gasteiger charge is 2.45. The number of hydrogen-bond donors (Lipinski definition) is 1. The van der Waals surface area contributed by atoms with Gasteiger partial charge in [-0.2, -0.15) is 0 Å². The highest BCUT2D eigenvalue weighted by atomic mass is 15.2. The molecule has 0 spiro atoms. The molecule has 2 fully saturated rings. The van der Waals surface area contributed by atoms with Gasteiger partial charge in [-0.05, 0) is 38.6 Å². The molecule has 0 aromatic heterocycles. The van der Waals surface area contributed by atoms with E-state index in [1.165, 1.54) is 64.2 Å². The third-order valence-electron chi connectivity index (χ3n) is 5.84. The van der Waals surface area contributed by atoms with E-state index in [0.29, 0.717) is 5.54 Å². The van der Waals surface area contributed by atoms with Gasteiger partial charge in [0, 0.05) is 18.1 Å². The summed E-state index contributed by atoms with van der Waals surface area (Å²) in [5.74, 6) is 0.829. The molecule has 0 aromatic rings. The van der Waals surface area contributed by atoms with E-state index in [4.69, 9.17) is 5.73 Å². The Morgan fingerprint density at radius 1 is 1.06 bits per heavy atom. The molecule has 2 saturated carbocycles. The van der Waals surface area contributed by atoms with Crippen molar-refractivity contribution in [1.82, 2.24) is 4.90 Å². The molecule has 2 atom stereocenters. The Hall–Kier alpha value is -0.0800. The fourth-order valence-corrected chi connectivity index (χ4v) is 4.60. The van der Waals surface area contributed by atoms with Gasteiger partial charge >= 0.3 is 0 Å². The third kappa shape index (κ3) is 2.60. The molecular formula is C16H32N2. The van der Waals surface area contributed by atoms with Crippen molar-refractivity contribution in [3.05, 3.63) is 0 Å². The van der Waals surface area contributed by atoms with Gasteiger partial charge in [0.1, 0.15) is 0 Å².